The second-order valence-electron chi connectivity index (χ2n) is 4.65. The van der Waals surface area contributed by atoms with Gasteiger partial charge in [0, 0.05) is 11.2 Å². The van der Waals surface area contributed by atoms with E-state index in [4.69, 9.17) is 5.11 Å². The summed E-state index contributed by atoms with van der Waals surface area (Å²) in [6, 6.07) is 6.27. The molecule has 2 aromatic rings. The van der Waals surface area contributed by atoms with Gasteiger partial charge >= 0.3 is 5.97 Å². The number of fused-ring (bicyclic) bond motifs is 1. The third-order valence-corrected chi connectivity index (χ3v) is 4.76. The predicted octanol–water partition coefficient (Wildman–Crippen LogP) is 3.75. The van der Waals surface area contributed by atoms with Gasteiger partial charge in [0.15, 0.2) is 0 Å². The summed E-state index contributed by atoms with van der Waals surface area (Å²) in [4.78, 5) is 14.0. The Balaban J connectivity index is 2.40. The van der Waals surface area contributed by atoms with Crippen LogP contribution in [0.3, 0.4) is 0 Å². The number of thiophene rings is 1. The van der Waals surface area contributed by atoms with Crippen molar-refractivity contribution in [3.63, 3.8) is 0 Å². The summed E-state index contributed by atoms with van der Waals surface area (Å²) in [7, 11) is 0. The fraction of sp³-hybridized carbons (Fsp3) is 0.400. The summed E-state index contributed by atoms with van der Waals surface area (Å²) in [6.45, 7) is 9.17. The Morgan fingerprint density at radius 2 is 2.00 bits per heavy atom. The van der Waals surface area contributed by atoms with Gasteiger partial charge in [-0.25, -0.2) is 4.79 Å². The molecule has 19 heavy (non-hydrogen) atoms. The number of nitrogens with zero attached hydrogens (tertiary/aromatic N) is 1. The van der Waals surface area contributed by atoms with Gasteiger partial charge in [-0.2, -0.15) is 0 Å². The van der Waals surface area contributed by atoms with Crippen LogP contribution >= 0.6 is 11.3 Å². The van der Waals surface area contributed by atoms with Gasteiger partial charge in [-0.3, -0.25) is 4.90 Å². The molecule has 0 aliphatic rings. The van der Waals surface area contributed by atoms with Gasteiger partial charge in [0.2, 0.25) is 0 Å². The molecule has 0 unspecified atom stereocenters. The van der Waals surface area contributed by atoms with Crippen molar-refractivity contribution in [1.82, 2.24) is 4.90 Å². The van der Waals surface area contributed by atoms with E-state index in [2.05, 4.69) is 30.9 Å². The lowest BCUT2D eigenvalue weighted by Crippen LogP contribution is -2.21. The maximum absolute atomic E-state index is 11.1. The van der Waals surface area contributed by atoms with Crippen molar-refractivity contribution in [2.24, 2.45) is 0 Å². The Bertz CT molecular complexity index is 599. The number of carbonyl (C=O) groups is 1. The first-order valence-corrected chi connectivity index (χ1v) is 7.36. The maximum Gasteiger partial charge on any atom is 0.346 e. The smallest absolute Gasteiger partial charge is 0.346 e. The molecule has 0 atom stereocenters. The van der Waals surface area contributed by atoms with Crippen LogP contribution in [0.25, 0.3) is 10.1 Å². The van der Waals surface area contributed by atoms with Crippen LogP contribution in [0.4, 0.5) is 0 Å². The van der Waals surface area contributed by atoms with Crippen LogP contribution < -0.4 is 0 Å². The van der Waals surface area contributed by atoms with Crippen LogP contribution in [-0.2, 0) is 6.54 Å². The van der Waals surface area contributed by atoms with Crippen LogP contribution in [0.5, 0.6) is 0 Å². The van der Waals surface area contributed by atoms with E-state index in [0.717, 1.165) is 35.3 Å². The summed E-state index contributed by atoms with van der Waals surface area (Å²) in [6.07, 6.45) is 0. The normalized spacial score (nSPS) is 11.4. The van der Waals surface area contributed by atoms with Crippen molar-refractivity contribution in [3.8, 4) is 0 Å². The third-order valence-electron chi connectivity index (χ3n) is 3.50. The molecule has 1 aromatic heterocycles. The second-order valence-corrected chi connectivity index (χ2v) is 5.71. The van der Waals surface area contributed by atoms with Crippen LogP contribution in [0.1, 0.15) is 34.6 Å². The molecule has 0 saturated heterocycles. The molecule has 3 nitrogen and oxygen atoms in total. The van der Waals surface area contributed by atoms with Gasteiger partial charge in [0.1, 0.15) is 4.88 Å². The lowest BCUT2D eigenvalue weighted by molar-refractivity contribution is 0.0701. The number of carboxylic acids is 1. The van der Waals surface area contributed by atoms with E-state index < -0.39 is 5.97 Å². The number of hydrogen-bond donors (Lipinski definition) is 1. The molecule has 1 N–H and O–H groups in total. The average Bonchev–Trinajstić information content (AvgIpc) is 2.73. The Labute approximate surface area is 117 Å². The highest BCUT2D eigenvalue weighted by Crippen LogP contribution is 2.31. The summed E-state index contributed by atoms with van der Waals surface area (Å²) in [5, 5.41) is 10.2. The fourth-order valence-corrected chi connectivity index (χ4v) is 3.30. The zero-order chi connectivity index (χ0) is 14.0. The highest BCUT2D eigenvalue weighted by atomic mass is 32.1. The molecule has 0 aliphatic heterocycles. The van der Waals surface area contributed by atoms with E-state index in [-0.39, 0.29) is 0 Å². The number of aromatic carboxylic acids is 1. The molecule has 102 valence electrons. The van der Waals surface area contributed by atoms with Gasteiger partial charge in [0.05, 0.1) is 0 Å². The van der Waals surface area contributed by atoms with Crippen LogP contribution in [0, 0.1) is 6.92 Å². The highest BCUT2D eigenvalue weighted by molar-refractivity contribution is 7.21. The van der Waals surface area contributed by atoms with Crippen molar-refractivity contribution in [2.45, 2.75) is 27.3 Å². The van der Waals surface area contributed by atoms with E-state index in [1.54, 1.807) is 0 Å². The zero-order valence-corrected chi connectivity index (χ0v) is 12.4. The van der Waals surface area contributed by atoms with E-state index >= 15 is 0 Å². The van der Waals surface area contributed by atoms with Crippen molar-refractivity contribution >= 4 is 27.4 Å². The van der Waals surface area contributed by atoms with Gasteiger partial charge in [-0.1, -0.05) is 19.9 Å². The van der Waals surface area contributed by atoms with Gasteiger partial charge in [-0.05, 0) is 48.7 Å². The van der Waals surface area contributed by atoms with Gasteiger partial charge < -0.3 is 5.11 Å². The monoisotopic (exact) mass is 277 g/mol. The minimum Gasteiger partial charge on any atom is -0.477 e. The van der Waals surface area contributed by atoms with E-state index in [1.165, 1.54) is 16.9 Å². The minimum absolute atomic E-state index is 0.454. The fourth-order valence-electron chi connectivity index (χ4n) is 2.28. The largest absolute Gasteiger partial charge is 0.477 e. The Morgan fingerprint density at radius 1 is 1.32 bits per heavy atom. The average molecular weight is 277 g/mol. The molecule has 0 spiro atoms. The molecular weight excluding hydrogens is 258 g/mol. The van der Waals surface area contributed by atoms with Crippen molar-refractivity contribution in [2.75, 3.05) is 13.1 Å². The molecule has 1 heterocycles. The Hall–Kier alpha value is -1.39. The summed E-state index contributed by atoms with van der Waals surface area (Å²) in [5.74, 6) is -0.830. The second kappa shape index (κ2) is 5.72. The molecule has 0 saturated carbocycles. The van der Waals surface area contributed by atoms with Gasteiger partial charge in [-0.15, -0.1) is 11.3 Å². The summed E-state index contributed by atoms with van der Waals surface area (Å²) < 4.78 is 1.05. The summed E-state index contributed by atoms with van der Waals surface area (Å²) in [5.41, 5.74) is 2.13. The molecule has 0 bridgehead atoms. The third kappa shape index (κ3) is 2.80. The number of hydrogen-bond acceptors (Lipinski definition) is 3. The lowest BCUT2D eigenvalue weighted by atomic mass is 10.1. The number of aryl methyl sites for hydroxylation is 1. The van der Waals surface area contributed by atoms with Crippen molar-refractivity contribution in [3.05, 3.63) is 34.2 Å². The molecular formula is C15H19NO2S. The standard InChI is InChI=1S/C15H19NO2S/c1-4-16(5-2)9-11-6-7-13-12(8-11)10(3)14(19-13)15(17)18/h6-8H,4-5,9H2,1-3H3,(H,17,18). The lowest BCUT2D eigenvalue weighted by Gasteiger charge is -2.17. The predicted molar refractivity (Wildman–Crippen MR) is 80.1 cm³/mol. The van der Waals surface area contributed by atoms with Crippen molar-refractivity contribution in [1.29, 1.82) is 0 Å². The molecule has 0 amide bonds. The molecule has 2 rings (SSSR count). The molecule has 4 heteroatoms. The first kappa shape index (κ1) is 14.0. The first-order chi connectivity index (χ1) is 9.06. The van der Waals surface area contributed by atoms with E-state index in [0.29, 0.717) is 4.88 Å². The number of benzene rings is 1. The SMILES string of the molecule is CCN(CC)Cc1ccc2sc(C(=O)O)c(C)c2c1. The summed E-state index contributed by atoms with van der Waals surface area (Å²) >= 11 is 1.36. The Morgan fingerprint density at radius 3 is 2.58 bits per heavy atom. The number of carboxylic acid groups (broad SMARTS) is 1. The van der Waals surface area contributed by atoms with Crippen LogP contribution in [0.2, 0.25) is 0 Å². The quantitative estimate of drug-likeness (QED) is 0.905. The van der Waals surface area contributed by atoms with Crippen molar-refractivity contribution < 1.29 is 9.90 Å². The van der Waals surface area contributed by atoms with E-state index in [1.807, 2.05) is 13.0 Å². The van der Waals surface area contributed by atoms with Gasteiger partial charge in [0.25, 0.3) is 0 Å². The number of rotatable bonds is 5. The molecule has 0 aliphatic carbocycles. The van der Waals surface area contributed by atoms with Crippen LogP contribution in [0.15, 0.2) is 18.2 Å². The topological polar surface area (TPSA) is 40.5 Å². The molecule has 0 radical (unpaired) electrons. The zero-order valence-electron chi connectivity index (χ0n) is 11.6. The highest BCUT2D eigenvalue weighted by Gasteiger charge is 2.14. The van der Waals surface area contributed by atoms with E-state index in [9.17, 15) is 4.79 Å². The minimum atomic E-state index is -0.830. The molecule has 0 fully saturated rings. The van der Waals surface area contributed by atoms with Crippen LogP contribution in [-0.4, -0.2) is 29.1 Å². The first-order valence-electron chi connectivity index (χ1n) is 6.54. The molecule has 1 aromatic carbocycles. The maximum atomic E-state index is 11.1. The Kier molecular flexibility index (Phi) is 4.22.